The number of rotatable bonds is 8. The molecule has 0 aliphatic heterocycles. The number of ether oxygens (including phenoxy) is 2. The van der Waals surface area contributed by atoms with Gasteiger partial charge in [0, 0.05) is 6.08 Å². The van der Waals surface area contributed by atoms with Crippen molar-refractivity contribution in [3.05, 3.63) is 71.3 Å². The van der Waals surface area contributed by atoms with E-state index in [0.717, 1.165) is 6.08 Å². The molecule has 156 valence electrons. The van der Waals surface area contributed by atoms with Crippen LogP contribution in [0, 0.1) is 11.3 Å². The van der Waals surface area contributed by atoms with Gasteiger partial charge < -0.3 is 13.7 Å². The molecule has 0 fully saturated rings. The van der Waals surface area contributed by atoms with E-state index in [9.17, 15) is 18.0 Å². The van der Waals surface area contributed by atoms with Crippen molar-refractivity contribution < 1.29 is 31.7 Å². The van der Waals surface area contributed by atoms with Gasteiger partial charge in [-0.2, -0.15) is 13.7 Å². The lowest BCUT2D eigenvalue weighted by Crippen LogP contribution is -2.16. The van der Waals surface area contributed by atoms with Crippen LogP contribution in [-0.2, 0) is 35.6 Å². The molecule has 0 aliphatic carbocycles. The molecule has 30 heavy (non-hydrogen) atoms. The summed E-state index contributed by atoms with van der Waals surface area (Å²) in [6.07, 6.45) is 1.08. The maximum Gasteiger partial charge on any atom is 0.338 e. The SMILES string of the molecule is COC(=O)/C=C(/C(=O)OC)c1cccc(CCS(=O)(=O)Oc2ccccc2C#N)c1. The quantitative estimate of drug-likeness (QED) is 0.356. The monoisotopic (exact) mass is 429 g/mol. The Balaban J connectivity index is 2.20. The molecule has 0 N–H and O–H groups in total. The Morgan fingerprint density at radius 1 is 1.07 bits per heavy atom. The zero-order chi connectivity index (χ0) is 22.1. The van der Waals surface area contributed by atoms with Crippen LogP contribution in [0.3, 0.4) is 0 Å². The zero-order valence-corrected chi connectivity index (χ0v) is 17.1. The first-order valence-corrected chi connectivity index (χ1v) is 10.3. The Kier molecular flexibility index (Phi) is 7.72. The predicted octanol–water partition coefficient (Wildman–Crippen LogP) is 2.24. The Bertz CT molecular complexity index is 1110. The number of nitrogens with zero attached hydrogens (tertiary/aromatic N) is 1. The van der Waals surface area contributed by atoms with Gasteiger partial charge in [-0.25, -0.2) is 9.59 Å². The number of nitriles is 1. The molecule has 0 heterocycles. The van der Waals surface area contributed by atoms with Crippen molar-refractivity contribution in [1.29, 1.82) is 5.26 Å². The van der Waals surface area contributed by atoms with Gasteiger partial charge in [-0.15, -0.1) is 0 Å². The van der Waals surface area contributed by atoms with E-state index in [2.05, 4.69) is 4.74 Å². The molecule has 0 amide bonds. The maximum absolute atomic E-state index is 12.3. The number of carbonyl (C=O) groups is 2. The van der Waals surface area contributed by atoms with Crippen molar-refractivity contribution in [3.63, 3.8) is 0 Å². The molecule has 0 aromatic heterocycles. The second kappa shape index (κ2) is 10.2. The number of benzene rings is 2. The van der Waals surface area contributed by atoms with Crippen molar-refractivity contribution in [2.75, 3.05) is 20.0 Å². The summed E-state index contributed by atoms with van der Waals surface area (Å²) in [5, 5.41) is 9.05. The van der Waals surface area contributed by atoms with Crippen LogP contribution in [0.15, 0.2) is 54.6 Å². The Morgan fingerprint density at radius 2 is 1.80 bits per heavy atom. The van der Waals surface area contributed by atoms with Gasteiger partial charge in [-0.05, 0) is 29.7 Å². The minimum absolute atomic E-state index is 0.0201. The molecule has 0 spiro atoms. The van der Waals surface area contributed by atoms with E-state index < -0.39 is 22.1 Å². The molecular formula is C21H19NO7S. The van der Waals surface area contributed by atoms with Crippen molar-refractivity contribution >= 4 is 27.6 Å². The van der Waals surface area contributed by atoms with Gasteiger partial charge in [0.25, 0.3) is 0 Å². The van der Waals surface area contributed by atoms with Gasteiger partial charge >= 0.3 is 22.1 Å². The Morgan fingerprint density at radius 3 is 2.47 bits per heavy atom. The highest BCUT2D eigenvalue weighted by Gasteiger charge is 2.18. The average molecular weight is 429 g/mol. The van der Waals surface area contributed by atoms with Crippen LogP contribution >= 0.6 is 0 Å². The van der Waals surface area contributed by atoms with Crippen LogP contribution in [0.5, 0.6) is 5.75 Å². The van der Waals surface area contributed by atoms with E-state index in [-0.39, 0.29) is 29.1 Å². The fourth-order valence-corrected chi connectivity index (χ4v) is 3.48. The highest BCUT2D eigenvalue weighted by Crippen LogP contribution is 2.21. The summed E-state index contributed by atoms with van der Waals surface area (Å²) >= 11 is 0. The Hall–Kier alpha value is -3.64. The minimum Gasteiger partial charge on any atom is -0.466 e. The number of carbonyl (C=O) groups excluding carboxylic acids is 2. The van der Waals surface area contributed by atoms with E-state index in [4.69, 9.17) is 14.2 Å². The molecular weight excluding hydrogens is 410 g/mol. The summed E-state index contributed by atoms with van der Waals surface area (Å²) in [6, 6.07) is 14.4. The third-order valence-electron chi connectivity index (χ3n) is 3.97. The van der Waals surface area contributed by atoms with E-state index in [1.807, 2.05) is 6.07 Å². The van der Waals surface area contributed by atoms with Crippen LogP contribution in [0.1, 0.15) is 16.7 Å². The second-order valence-corrected chi connectivity index (χ2v) is 7.67. The van der Waals surface area contributed by atoms with Crippen LogP contribution in [0.4, 0.5) is 0 Å². The van der Waals surface area contributed by atoms with Crippen molar-refractivity contribution in [1.82, 2.24) is 0 Å². The summed E-state index contributed by atoms with van der Waals surface area (Å²) < 4.78 is 38.9. The first-order chi connectivity index (χ1) is 14.3. The average Bonchev–Trinajstić information content (AvgIpc) is 2.75. The molecule has 0 atom stereocenters. The summed E-state index contributed by atoms with van der Waals surface area (Å²) in [7, 11) is -1.61. The maximum atomic E-state index is 12.3. The minimum atomic E-state index is -3.97. The number of methoxy groups -OCH3 is 2. The molecule has 0 aliphatic rings. The third kappa shape index (κ3) is 6.18. The molecule has 9 heteroatoms. The standard InChI is InChI=1S/C21H19NO7S/c1-27-20(23)13-18(21(24)28-2)16-8-5-6-15(12-16)10-11-30(25,26)29-19-9-4-3-7-17(19)14-22/h3-9,12-13H,10-11H2,1-2H3/b18-13+. The van der Waals surface area contributed by atoms with E-state index in [1.54, 1.807) is 36.4 Å². The molecule has 0 unspecified atom stereocenters. The van der Waals surface area contributed by atoms with Crippen LogP contribution in [-0.4, -0.2) is 40.3 Å². The normalized spacial score (nSPS) is 11.3. The van der Waals surface area contributed by atoms with Crippen LogP contribution in [0.25, 0.3) is 5.57 Å². The zero-order valence-electron chi connectivity index (χ0n) is 16.3. The van der Waals surface area contributed by atoms with Crippen LogP contribution in [0.2, 0.25) is 0 Å². The molecule has 0 radical (unpaired) electrons. The lowest BCUT2D eigenvalue weighted by atomic mass is 10.0. The fraction of sp³-hybridized carbons (Fsp3) is 0.190. The van der Waals surface area contributed by atoms with E-state index >= 15 is 0 Å². The molecule has 2 aromatic rings. The van der Waals surface area contributed by atoms with Gasteiger partial charge in [0.1, 0.15) is 6.07 Å². The molecule has 8 nitrogen and oxygen atoms in total. The number of hydrogen-bond acceptors (Lipinski definition) is 8. The number of para-hydroxylation sites is 1. The summed E-state index contributed by atoms with van der Waals surface area (Å²) in [5.41, 5.74) is 1.05. The number of esters is 2. The highest BCUT2D eigenvalue weighted by atomic mass is 32.2. The van der Waals surface area contributed by atoms with Gasteiger partial charge in [0.2, 0.25) is 0 Å². The second-order valence-electron chi connectivity index (χ2n) is 5.98. The Labute approximate surface area is 174 Å². The summed E-state index contributed by atoms with van der Waals surface area (Å²) in [4.78, 5) is 23.6. The third-order valence-corrected chi connectivity index (χ3v) is 5.11. The van der Waals surface area contributed by atoms with Gasteiger partial charge in [0.15, 0.2) is 5.75 Å². The van der Waals surface area contributed by atoms with E-state index in [1.165, 1.54) is 26.4 Å². The summed E-state index contributed by atoms with van der Waals surface area (Å²) in [5.74, 6) is -1.86. The predicted molar refractivity (Wildman–Crippen MR) is 108 cm³/mol. The molecule has 0 saturated carbocycles. The largest absolute Gasteiger partial charge is 0.466 e. The smallest absolute Gasteiger partial charge is 0.338 e. The topological polar surface area (TPSA) is 120 Å². The molecule has 2 aromatic carbocycles. The summed E-state index contributed by atoms with van der Waals surface area (Å²) in [6.45, 7) is 0. The van der Waals surface area contributed by atoms with Crippen LogP contribution < -0.4 is 4.18 Å². The van der Waals surface area contributed by atoms with Crippen molar-refractivity contribution in [2.24, 2.45) is 0 Å². The van der Waals surface area contributed by atoms with Gasteiger partial charge in [0.05, 0.1) is 31.1 Å². The number of hydrogen-bond donors (Lipinski definition) is 0. The number of aryl methyl sites for hydroxylation is 1. The first kappa shape index (κ1) is 22.6. The van der Waals surface area contributed by atoms with Crippen molar-refractivity contribution in [3.8, 4) is 11.8 Å². The van der Waals surface area contributed by atoms with Gasteiger partial charge in [-0.3, -0.25) is 0 Å². The lowest BCUT2D eigenvalue weighted by molar-refractivity contribution is -0.136. The fourth-order valence-electron chi connectivity index (χ4n) is 2.49. The van der Waals surface area contributed by atoms with Gasteiger partial charge in [-0.1, -0.05) is 36.4 Å². The van der Waals surface area contributed by atoms with Crippen molar-refractivity contribution in [2.45, 2.75) is 6.42 Å². The van der Waals surface area contributed by atoms with E-state index in [0.29, 0.717) is 11.1 Å². The lowest BCUT2D eigenvalue weighted by Gasteiger charge is -2.10. The highest BCUT2D eigenvalue weighted by molar-refractivity contribution is 7.87. The molecule has 2 rings (SSSR count). The molecule has 0 saturated heterocycles. The first-order valence-electron chi connectivity index (χ1n) is 8.68. The molecule has 0 bridgehead atoms.